The monoisotopic (exact) mass is 430 g/mol. The molecule has 0 radical (unpaired) electrons. The molecule has 3 nitrogen and oxygen atoms in total. The van der Waals surface area contributed by atoms with E-state index < -0.39 is 0 Å². The van der Waals surface area contributed by atoms with Gasteiger partial charge in [-0.15, -0.1) is 0 Å². The molecule has 0 unspecified atom stereocenters. The summed E-state index contributed by atoms with van der Waals surface area (Å²) in [6.07, 6.45) is 7.22. The summed E-state index contributed by atoms with van der Waals surface area (Å²) in [5.74, 6) is 0.609. The van der Waals surface area contributed by atoms with E-state index in [1.165, 1.54) is 5.56 Å². The molecule has 3 aromatic rings. The molecule has 1 aliphatic heterocycles. The SMILES string of the molecule is O=C(CC1CCN(C/C=C/c2ccsc2)CC1)NC(c1ccccc1)c1ccccc1. The maximum absolute atomic E-state index is 12.9. The number of benzene rings is 2. The van der Waals surface area contributed by atoms with Crippen LogP contribution in [0.25, 0.3) is 6.08 Å². The quantitative estimate of drug-likeness (QED) is 0.492. The first-order chi connectivity index (χ1) is 15.3. The molecule has 1 aromatic heterocycles. The van der Waals surface area contributed by atoms with Crippen LogP contribution in [0.4, 0.5) is 0 Å². The van der Waals surface area contributed by atoms with Crippen LogP contribution in [0, 0.1) is 5.92 Å². The number of likely N-dealkylation sites (tertiary alicyclic amines) is 1. The fourth-order valence-electron chi connectivity index (χ4n) is 4.21. The lowest BCUT2D eigenvalue weighted by Gasteiger charge is -2.31. The number of carbonyl (C=O) groups excluding carboxylic acids is 1. The highest BCUT2D eigenvalue weighted by Crippen LogP contribution is 2.24. The van der Waals surface area contributed by atoms with Crippen molar-refractivity contribution in [1.82, 2.24) is 10.2 Å². The number of rotatable bonds is 8. The number of hydrogen-bond donors (Lipinski definition) is 1. The summed E-state index contributed by atoms with van der Waals surface area (Å²) in [6.45, 7) is 3.11. The van der Waals surface area contributed by atoms with Crippen molar-refractivity contribution < 1.29 is 4.79 Å². The molecule has 4 rings (SSSR count). The largest absolute Gasteiger partial charge is 0.345 e. The number of thiophene rings is 1. The van der Waals surface area contributed by atoms with Gasteiger partial charge in [0.1, 0.15) is 0 Å². The van der Waals surface area contributed by atoms with Gasteiger partial charge in [-0.2, -0.15) is 11.3 Å². The van der Waals surface area contributed by atoms with Gasteiger partial charge in [-0.3, -0.25) is 9.69 Å². The average Bonchev–Trinajstić information content (AvgIpc) is 3.33. The Labute approximate surface area is 189 Å². The molecule has 0 aliphatic carbocycles. The second-order valence-corrected chi connectivity index (χ2v) is 9.01. The number of nitrogens with zero attached hydrogens (tertiary/aromatic N) is 1. The molecule has 1 fully saturated rings. The highest BCUT2D eigenvalue weighted by Gasteiger charge is 2.23. The Morgan fingerprint density at radius 2 is 1.65 bits per heavy atom. The van der Waals surface area contributed by atoms with Crippen LogP contribution in [0.2, 0.25) is 0 Å². The smallest absolute Gasteiger partial charge is 0.221 e. The van der Waals surface area contributed by atoms with Gasteiger partial charge in [-0.1, -0.05) is 72.8 Å². The van der Waals surface area contributed by atoms with Gasteiger partial charge in [-0.05, 0) is 65.4 Å². The van der Waals surface area contributed by atoms with Gasteiger partial charge in [-0.25, -0.2) is 0 Å². The van der Waals surface area contributed by atoms with Crippen molar-refractivity contribution in [2.45, 2.75) is 25.3 Å². The normalized spacial score (nSPS) is 15.5. The first-order valence-corrected chi connectivity index (χ1v) is 12.0. The number of nitrogens with one attached hydrogen (secondary N) is 1. The van der Waals surface area contributed by atoms with Crippen LogP contribution < -0.4 is 5.32 Å². The van der Waals surface area contributed by atoms with E-state index in [-0.39, 0.29) is 11.9 Å². The average molecular weight is 431 g/mol. The lowest BCUT2D eigenvalue weighted by atomic mass is 9.92. The molecule has 2 heterocycles. The second-order valence-electron chi connectivity index (χ2n) is 8.23. The van der Waals surface area contributed by atoms with Crippen molar-refractivity contribution in [3.63, 3.8) is 0 Å². The van der Waals surface area contributed by atoms with Crippen LogP contribution in [0.3, 0.4) is 0 Å². The first kappa shape index (κ1) is 21.5. The fraction of sp³-hybridized carbons (Fsp3) is 0.296. The molecule has 0 atom stereocenters. The summed E-state index contributed by atoms with van der Waals surface area (Å²) in [7, 11) is 0. The summed E-state index contributed by atoms with van der Waals surface area (Å²) in [5, 5.41) is 7.57. The molecule has 31 heavy (non-hydrogen) atoms. The van der Waals surface area contributed by atoms with Crippen molar-refractivity contribution in [3.05, 3.63) is 100 Å². The first-order valence-electron chi connectivity index (χ1n) is 11.1. The van der Waals surface area contributed by atoms with Crippen molar-refractivity contribution in [3.8, 4) is 0 Å². The summed E-state index contributed by atoms with van der Waals surface area (Å²) in [5.41, 5.74) is 3.52. The van der Waals surface area contributed by atoms with Gasteiger partial charge in [0.2, 0.25) is 5.91 Å². The van der Waals surface area contributed by atoms with Gasteiger partial charge in [0.25, 0.3) is 0 Å². The third-order valence-electron chi connectivity index (χ3n) is 5.97. The van der Waals surface area contributed by atoms with Gasteiger partial charge in [0.15, 0.2) is 0 Å². The van der Waals surface area contributed by atoms with E-state index in [2.05, 4.69) is 63.5 Å². The zero-order valence-electron chi connectivity index (χ0n) is 17.8. The maximum atomic E-state index is 12.9. The Kier molecular flexibility index (Phi) is 7.70. The van der Waals surface area contributed by atoms with Crippen molar-refractivity contribution in [2.24, 2.45) is 5.92 Å². The Morgan fingerprint density at radius 1 is 1.00 bits per heavy atom. The molecule has 0 bridgehead atoms. The number of carbonyl (C=O) groups is 1. The fourth-order valence-corrected chi connectivity index (χ4v) is 4.84. The van der Waals surface area contributed by atoms with E-state index in [0.717, 1.165) is 43.6 Å². The molecule has 0 saturated carbocycles. The van der Waals surface area contributed by atoms with Crippen molar-refractivity contribution in [1.29, 1.82) is 0 Å². The predicted molar refractivity (Wildman–Crippen MR) is 130 cm³/mol. The predicted octanol–water partition coefficient (Wildman–Crippen LogP) is 5.77. The molecule has 1 aliphatic rings. The number of piperidine rings is 1. The van der Waals surface area contributed by atoms with Gasteiger partial charge in [0, 0.05) is 13.0 Å². The van der Waals surface area contributed by atoms with E-state index in [1.807, 2.05) is 36.4 Å². The molecule has 160 valence electrons. The van der Waals surface area contributed by atoms with E-state index >= 15 is 0 Å². The minimum atomic E-state index is -0.0998. The van der Waals surface area contributed by atoms with Gasteiger partial charge >= 0.3 is 0 Å². The van der Waals surface area contributed by atoms with E-state index in [1.54, 1.807) is 11.3 Å². The Hall–Kier alpha value is -2.69. The second kappa shape index (κ2) is 11.1. The van der Waals surface area contributed by atoms with Crippen LogP contribution in [0.1, 0.15) is 42.0 Å². The lowest BCUT2D eigenvalue weighted by molar-refractivity contribution is -0.122. The summed E-state index contributed by atoms with van der Waals surface area (Å²) in [6, 6.07) is 22.5. The number of hydrogen-bond acceptors (Lipinski definition) is 3. The molecule has 2 aromatic carbocycles. The summed E-state index contributed by atoms with van der Waals surface area (Å²) < 4.78 is 0. The zero-order chi connectivity index (χ0) is 21.3. The van der Waals surface area contributed by atoms with E-state index in [9.17, 15) is 4.79 Å². The highest BCUT2D eigenvalue weighted by atomic mass is 32.1. The Morgan fingerprint density at radius 3 is 2.23 bits per heavy atom. The van der Waals surface area contributed by atoms with Crippen molar-refractivity contribution >= 4 is 23.3 Å². The molecule has 1 amide bonds. The van der Waals surface area contributed by atoms with E-state index in [4.69, 9.17) is 0 Å². The Balaban J connectivity index is 1.28. The summed E-state index contributed by atoms with van der Waals surface area (Å²) >= 11 is 1.73. The molecule has 1 N–H and O–H groups in total. The van der Waals surface area contributed by atoms with E-state index in [0.29, 0.717) is 12.3 Å². The third kappa shape index (κ3) is 6.39. The van der Waals surface area contributed by atoms with Crippen LogP contribution in [-0.2, 0) is 4.79 Å². The Bertz CT molecular complexity index is 906. The molecule has 1 saturated heterocycles. The molecule has 4 heteroatoms. The third-order valence-corrected chi connectivity index (χ3v) is 6.67. The highest BCUT2D eigenvalue weighted by molar-refractivity contribution is 7.08. The number of amides is 1. The maximum Gasteiger partial charge on any atom is 0.221 e. The van der Waals surface area contributed by atoms with Crippen LogP contribution in [0.5, 0.6) is 0 Å². The standard InChI is InChI=1S/C27H30N2OS/c30-26(28-27(24-9-3-1-4-10-24)25-11-5-2-6-12-25)20-22-13-17-29(18-14-22)16-7-8-23-15-19-31-21-23/h1-12,15,19,21-22,27H,13-14,16-18,20H2,(H,28,30)/b8-7+. The minimum Gasteiger partial charge on any atom is -0.345 e. The van der Waals surface area contributed by atoms with Crippen LogP contribution in [0.15, 0.2) is 83.6 Å². The van der Waals surface area contributed by atoms with Gasteiger partial charge in [0.05, 0.1) is 6.04 Å². The lowest BCUT2D eigenvalue weighted by Crippen LogP contribution is -2.36. The summed E-state index contributed by atoms with van der Waals surface area (Å²) in [4.78, 5) is 15.4. The van der Waals surface area contributed by atoms with Crippen LogP contribution in [-0.4, -0.2) is 30.4 Å². The zero-order valence-corrected chi connectivity index (χ0v) is 18.6. The van der Waals surface area contributed by atoms with Crippen LogP contribution >= 0.6 is 11.3 Å². The minimum absolute atomic E-state index is 0.0998. The van der Waals surface area contributed by atoms with Gasteiger partial charge < -0.3 is 5.32 Å². The molecular weight excluding hydrogens is 400 g/mol. The molecule has 0 spiro atoms. The molecular formula is C27H30N2OS. The van der Waals surface area contributed by atoms with Crippen molar-refractivity contribution in [2.75, 3.05) is 19.6 Å². The topological polar surface area (TPSA) is 32.3 Å².